The first-order chi connectivity index (χ1) is 20.1. The highest BCUT2D eigenvalue weighted by molar-refractivity contribution is 6.13. The topological polar surface area (TPSA) is 39.3 Å². The molecule has 7 rings (SSSR count). The number of aromatic nitrogens is 3. The smallest absolute Gasteiger partial charge is 0.206 e. The van der Waals surface area contributed by atoms with Crippen molar-refractivity contribution in [1.29, 1.82) is 0 Å². The van der Waals surface area contributed by atoms with Crippen molar-refractivity contribution < 1.29 is 4.79 Å². The molecule has 0 unspecified atom stereocenters. The van der Waals surface area contributed by atoms with Crippen LogP contribution in [-0.4, -0.2) is 19.7 Å². The van der Waals surface area contributed by atoms with Crippen LogP contribution in [0.5, 0.6) is 0 Å². The lowest BCUT2D eigenvalue weighted by atomic mass is 9.76. The van der Waals surface area contributed by atoms with E-state index in [1.54, 1.807) is 0 Å². The number of Topliss-reactive ketones (excluding diaryl/α,β-unsaturated/α-hetero) is 1. The molecule has 3 aromatic heterocycles. The van der Waals surface area contributed by atoms with Crippen molar-refractivity contribution in [3.63, 3.8) is 0 Å². The van der Waals surface area contributed by atoms with Gasteiger partial charge in [0.1, 0.15) is 5.54 Å². The molecule has 1 aliphatic carbocycles. The van der Waals surface area contributed by atoms with Gasteiger partial charge in [0.05, 0.1) is 17.7 Å². The van der Waals surface area contributed by atoms with Crippen molar-refractivity contribution in [3.05, 3.63) is 172 Å². The van der Waals surface area contributed by atoms with Gasteiger partial charge in [-0.25, -0.2) is 4.98 Å². The van der Waals surface area contributed by atoms with Crippen LogP contribution in [0.25, 0.3) is 11.6 Å². The minimum atomic E-state index is -0.643. The zero-order valence-corrected chi connectivity index (χ0v) is 23.3. The fourth-order valence-electron chi connectivity index (χ4n) is 6.66. The molecule has 0 bridgehead atoms. The van der Waals surface area contributed by atoms with E-state index in [-0.39, 0.29) is 5.78 Å². The van der Waals surface area contributed by atoms with E-state index in [1.165, 1.54) is 5.56 Å². The Morgan fingerprint density at radius 1 is 0.732 bits per heavy atom. The van der Waals surface area contributed by atoms with Gasteiger partial charge in [-0.05, 0) is 72.7 Å². The lowest BCUT2D eigenvalue weighted by Gasteiger charge is -2.38. The van der Waals surface area contributed by atoms with E-state index < -0.39 is 5.54 Å². The van der Waals surface area contributed by atoms with Gasteiger partial charge in [0, 0.05) is 23.0 Å². The van der Waals surface area contributed by atoms with Gasteiger partial charge in [0.15, 0.2) is 0 Å². The third-order valence-electron chi connectivity index (χ3n) is 8.67. The highest BCUT2D eigenvalue weighted by Crippen LogP contribution is 2.42. The predicted octanol–water partition coefficient (Wildman–Crippen LogP) is 7.81. The molecule has 0 saturated carbocycles. The van der Waals surface area contributed by atoms with E-state index in [2.05, 4.69) is 120 Å². The fraction of sp³-hybridized carbons (Fsp3) is 0.135. The van der Waals surface area contributed by atoms with E-state index in [0.29, 0.717) is 6.42 Å². The number of rotatable bonds is 5. The molecule has 0 amide bonds. The molecule has 3 aromatic carbocycles. The van der Waals surface area contributed by atoms with Crippen LogP contribution in [0.15, 0.2) is 127 Å². The number of imidazole rings is 1. The summed E-state index contributed by atoms with van der Waals surface area (Å²) in [6, 6.07) is 37.9. The minimum absolute atomic E-state index is 0.0925. The number of allylic oxidation sites excluding steroid dienone is 1. The van der Waals surface area contributed by atoms with Crippen molar-refractivity contribution in [3.8, 4) is 0 Å². The summed E-state index contributed by atoms with van der Waals surface area (Å²) in [4.78, 5) is 18.8. The predicted molar refractivity (Wildman–Crippen MR) is 164 cm³/mol. The Balaban J connectivity index is 1.41. The number of benzene rings is 3. The molecule has 0 N–H and O–H groups in total. The fourth-order valence-corrected chi connectivity index (χ4v) is 6.66. The van der Waals surface area contributed by atoms with E-state index in [1.807, 2.05) is 30.7 Å². The number of pyridine rings is 1. The standard InChI is InChI=1S/C37H31N3O/c1-26-32-22-21-28(36(41)35(32)39-23-13-12-20-34(26)39)24-33-27(2)40(25-38-33)37(29-14-6-3-7-15-29,30-16-8-4-9-17-30)31-18-10-5-11-19-31/h3-20,23-25H,21-22H2,1-2H3. The highest BCUT2D eigenvalue weighted by Gasteiger charge is 2.39. The zero-order valence-electron chi connectivity index (χ0n) is 23.3. The summed E-state index contributed by atoms with van der Waals surface area (Å²) in [6.45, 7) is 4.23. The van der Waals surface area contributed by atoms with E-state index in [0.717, 1.165) is 56.8 Å². The third-order valence-corrected chi connectivity index (χ3v) is 8.67. The molecule has 0 spiro atoms. The van der Waals surface area contributed by atoms with Gasteiger partial charge >= 0.3 is 0 Å². The van der Waals surface area contributed by atoms with Crippen molar-refractivity contribution >= 4 is 17.4 Å². The van der Waals surface area contributed by atoms with Crippen LogP contribution in [0.3, 0.4) is 0 Å². The summed E-state index contributed by atoms with van der Waals surface area (Å²) in [5, 5.41) is 0. The number of aryl methyl sites for hydroxylation is 1. The molecule has 0 saturated heterocycles. The number of carbonyl (C=O) groups is 1. The third kappa shape index (κ3) is 3.82. The normalized spacial score (nSPS) is 14.5. The van der Waals surface area contributed by atoms with Crippen LogP contribution >= 0.6 is 0 Å². The second-order valence-corrected chi connectivity index (χ2v) is 10.8. The van der Waals surface area contributed by atoms with Gasteiger partial charge in [-0.1, -0.05) is 97.1 Å². The Morgan fingerprint density at radius 2 is 1.29 bits per heavy atom. The van der Waals surface area contributed by atoms with Gasteiger partial charge in [-0.15, -0.1) is 0 Å². The van der Waals surface area contributed by atoms with E-state index in [9.17, 15) is 4.79 Å². The Labute approximate surface area is 240 Å². The number of hydrogen-bond acceptors (Lipinski definition) is 2. The van der Waals surface area contributed by atoms with Crippen LogP contribution < -0.4 is 0 Å². The summed E-state index contributed by atoms with van der Waals surface area (Å²) in [7, 11) is 0. The van der Waals surface area contributed by atoms with Crippen molar-refractivity contribution in [2.75, 3.05) is 0 Å². The highest BCUT2D eigenvalue weighted by atomic mass is 16.1. The van der Waals surface area contributed by atoms with Gasteiger partial charge < -0.3 is 8.97 Å². The Bertz CT molecular complexity index is 1810. The number of ketones is 1. The SMILES string of the molecule is Cc1c2c(n3ccccc13)C(=O)C(=Cc1ncn(C(c3ccccc3)(c3ccccc3)c3ccccc3)c1C)CC2. The van der Waals surface area contributed by atoms with Gasteiger partial charge in [-0.3, -0.25) is 4.79 Å². The molecular weight excluding hydrogens is 502 g/mol. The molecule has 4 nitrogen and oxygen atoms in total. The first-order valence-electron chi connectivity index (χ1n) is 14.2. The molecule has 200 valence electrons. The maximum Gasteiger partial charge on any atom is 0.206 e. The lowest BCUT2D eigenvalue weighted by Crippen LogP contribution is -2.38. The molecule has 1 aliphatic rings. The molecule has 0 fully saturated rings. The maximum absolute atomic E-state index is 13.9. The molecule has 3 heterocycles. The second-order valence-electron chi connectivity index (χ2n) is 10.8. The summed E-state index contributed by atoms with van der Waals surface area (Å²) < 4.78 is 4.33. The van der Waals surface area contributed by atoms with Gasteiger partial charge in [-0.2, -0.15) is 0 Å². The first kappa shape index (κ1) is 25.0. The van der Waals surface area contributed by atoms with Crippen LogP contribution in [0.4, 0.5) is 0 Å². The van der Waals surface area contributed by atoms with Crippen molar-refractivity contribution in [2.24, 2.45) is 0 Å². The largest absolute Gasteiger partial charge is 0.316 e. The Kier molecular flexibility index (Phi) is 6.05. The molecule has 6 aromatic rings. The molecule has 4 heteroatoms. The summed E-state index contributed by atoms with van der Waals surface area (Å²) >= 11 is 0. The lowest BCUT2D eigenvalue weighted by molar-refractivity contribution is 0.102. The molecule has 41 heavy (non-hydrogen) atoms. The number of nitrogens with zero attached hydrogens (tertiary/aromatic N) is 3. The summed E-state index contributed by atoms with van der Waals surface area (Å²) in [5.41, 5.74) is 9.68. The van der Waals surface area contributed by atoms with Crippen LogP contribution in [0.2, 0.25) is 0 Å². The number of fused-ring (bicyclic) bond motifs is 3. The van der Waals surface area contributed by atoms with Crippen molar-refractivity contribution in [2.45, 2.75) is 32.2 Å². The maximum atomic E-state index is 13.9. The Hall–Kier alpha value is -4.96. The van der Waals surface area contributed by atoms with Gasteiger partial charge in [0.2, 0.25) is 5.78 Å². The number of hydrogen-bond donors (Lipinski definition) is 0. The average molecular weight is 534 g/mol. The summed E-state index contributed by atoms with van der Waals surface area (Å²) in [6.07, 6.45) is 7.50. The molecule has 0 aliphatic heterocycles. The quantitative estimate of drug-likeness (QED) is 0.167. The van der Waals surface area contributed by atoms with Crippen LogP contribution in [-0.2, 0) is 12.0 Å². The Morgan fingerprint density at radius 3 is 1.88 bits per heavy atom. The van der Waals surface area contributed by atoms with Gasteiger partial charge in [0.25, 0.3) is 0 Å². The van der Waals surface area contributed by atoms with Crippen molar-refractivity contribution in [1.82, 2.24) is 14.0 Å². The molecular formula is C37H31N3O. The molecule has 0 radical (unpaired) electrons. The summed E-state index contributed by atoms with van der Waals surface area (Å²) in [5.74, 6) is 0.0925. The first-order valence-corrected chi connectivity index (χ1v) is 14.2. The van der Waals surface area contributed by atoms with E-state index in [4.69, 9.17) is 4.98 Å². The minimum Gasteiger partial charge on any atom is -0.316 e. The average Bonchev–Trinajstić information content (AvgIpc) is 3.54. The molecule has 0 atom stereocenters. The van der Waals surface area contributed by atoms with Crippen LogP contribution in [0, 0.1) is 13.8 Å². The monoisotopic (exact) mass is 533 g/mol. The number of carbonyl (C=O) groups excluding carboxylic acids is 1. The van der Waals surface area contributed by atoms with Crippen LogP contribution in [0.1, 0.15) is 56.1 Å². The second kappa shape index (κ2) is 9.90. The zero-order chi connectivity index (χ0) is 28.0. The van der Waals surface area contributed by atoms with E-state index >= 15 is 0 Å².